The molecule has 2 aromatic carbocycles. The summed E-state index contributed by atoms with van der Waals surface area (Å²) in [5.74, 6) is 0.913. The highest BCUT2D eigenvalue weighted by Crippen LogP contribution is 2.15. The number of hydrogen-bond acceptors (Lipinski definition) is 3. The molecule has 154 valence electrons. The fourth-order valence-electron chi connectivity index (χ4n) is 3.71. The van der Waals surface area contributed by atoms with E-state index in [1.807, 2.05) is 60.7 Å². The Bertz CT molecular complexity index is 746. The maximum absolute atomic E-state index is 12.1. The van der Waals surface area contributed by atoms with E-state index in [1.54, 1.807) is 6.08 Å². The third-order valence-corrected chi connectivity index (χ3v) is 5.45. The predicted molar refractivity (Wildman–Crippen MR) is 121 cm³/mol. The van der Waals surface area contributed by atoms with Crippen LogP contribution in [0.3, 0.4) is 0 Å². The van der Waals surface area contributed by atoms with E-state index in [2.05, 4.69) is 4.90 Å². The molecule has 0 N–H and O–H groups in total. The summed E-state index contributed by atoms with van der Waals surface area (Å²) in [6.45, 7) is 4.64. The summed E-state index contributed by atoms with van der Waals surface area (Å²) in [6.07, 6.45) is 12.6. The Morgan fingerprint density at radius 2 is 1.59 bits per heavy atom. The Labute approximate surface area is 175 Å². The van der Waals surface area contributed by atoms with Gasteiger partial charge in [0.1, 0.15) is 5.75 Å². The second kappa shape index (κ2) is 12.2. The molecule has 0 atom stereocenters. The van der Waals surface area contributed by atoms with Crippen molar-refractivity contribution >= 4 is 11.9 Å². The molecule has 0 bridgehead atoms. The molecule has 29 heavy (non-hydrogen) atoms. The smallest absolute Gasteiger partial charge is 0.185 e. The molecule has 0 radical (unpaired) electrons. The molecule has 1 saturated heterocycles. The van der Waals surface area contributed by atoms with Crippen LogP contribution < -0.4 is 4.74 Å². The lowest BCUT2D eigenvalue weighted by atomic mass is 10.1. The number of carbonyl (C=O) groups is 1. The summed E-state index contributed by atoms with van der Waals surface area (Å²) in [6, 6.07) is 17.3. The van der Waals surface area contributed by atoms with Gasteiger partial charge in [-0.2, -0.15) is 0 Å². The monoisotopic (exact) mass is 391 g/mol. The Morgan fingerprint density at radius 1 is 0.862 bits per heavy atom. The largest absolute Gasteiger partial charge is 0.494 e. The van der Waals surface area contributed by atoms with Gasteiger partial charge in [-0.1, -0.05) is 67.8 Å². The molecule has 0 amide bonds. The van der Waals surface area contributed by atoms with Crippen molar-refractivity contribution in [3.63, 3.8) is 0 Å². The number of allylic oxidation sites excluding steroid dienone is 1. The van der Waals surface area contributed by atoms with Crippen molar-refractivity contribution in [2.75, 3.05) is 26.2 Å². The van der Waals surface area contributed by atoms with E-state index < -0.39 is 0 Å². The van der Waals surface area contributed by atoms with Gasteiger partial charge in [-0.25, -0.2) is 0 Å². The number of unbranched alkanes of at least 4 members (excludes halogenated alkanes) is 3. The van der Waals surface area contributed by atoms with Crippen LogP contribution >= 0.6 is 0 Å². The highest BCUT2D eigenvalue weighted by atomic mass is 16.5. The van der Waals surface area contributed by atoms with Crippen molar-refractivity contribution in [3.8, 4) is 5.75 Å². The molecule has 0 saturated carbocycles. The summed E-state index contributed by atoms with van der Waals surface area (Å²) >= 11 is 0. The minimum absolute atomic E-state index is 0.0196. The summed E-state index contributed by atoms with van der Waals surface area (Å²) in [7, 11) is 0. The van der Waals surface area contributed by atoms with Gasteiger partial charge < -0.3 is 9.64 Å². The van der Waals surface area contributed by atoms with E-state index in [4.69, 9.17) is 4.74 Å². The molecule has 0 spiro atoms. The third-order valence-electron chi connectivity index (χ3n) is 5.45. The van der Waals surface area contributed by atoms with Crippen LogP contribution in [0.25, 0.3) is 6.08 Å². The quantitative estimate of drug-likeness (QED) is 0.267. The number of likely N-dealkylation sites (tertiary alicyclic amines) is 1. The lowest BCUT2D eigenvalue weighted by molar-refractivity contribution is 0.104. The van der Waals surface area contributed by atoms with Gasteiger partial charge in [0.15, 0.2) is 5.78 Å². The summed E-state index contributed by atoms with van der Waals surface area (Å²) < 4.78 is 5.85. The molecule has 3 rings (SSSR count). The minimum Gasteiger partial charge on any atom is -0.494 e. The van der Waals surface area contributed by atoms with Gasteiger partial charge in [-0.3, -0.25) is 4.79 Å². The van der Waals surface area contributed by atoms with Gasteiger partial charge in [0.05, 0.1) is 6.61 Å². The zero-order valence-electron chi connectivity index (χ0n) is 17.4. The third kappa shape index (κ3) is 7.86. The second-order valence-electron chi connectivity index (χ2n) is 7.80. The van der Waals surface area contributed by atoms with Crippen LogP contribution in [-0.4, -0.2) is 36.9 Å². The highest BCUT2D eigenvalue weighted by molar-refractivity contribution is 6.06. The van der Waals surface area contributed by atoms with Crippen molar-refractivity contribution < 1.29 is 9.53 Å². The summed E-state index contributed by atoms with van der Waals surface area (Å²) in [4.78, 5) is 14.7. The van der Waals surface area contributed by atoms with E-state index in [0.29, 0.717) is 5.56 Å². The van der Waals surface area contributed by atoms with Crippen LogP contribution in [0.15, 0.2) is 60.7 Å². The van der Waals surface area contributed by atoms with Crippen molar-refractivity contribution in [2.24, 2.45) is 0 Å². The summed E-state index contributed by atoms with van der Waals surface area (Å²) in [5.41, 5.74) is 1.71. The van der Waals surface area contributed by atoms with Crippen LogP contribution in [0.4, 0.5) is 0 Å². The van der Waals surface area contributed by atoms with Gasteiger partial charge in [0.25, 0.3) is 0 Å². The fraction of sp³-hybridized carbons (Fsp3) is 0.423. The van der Waals surface area contributed by atoms with Crippen LogP contribution in [0, 0.1) is 0 Å². The van der Waals surface area contributed by atoms with E-state index in [9.17, 15) is 4.79 Å². The molecule has 1 aliphatic heterocycles. The average Bonchev–Trinajstić information content (AvgIpc) is 2.79. The van der Waals surface area contributed by atoms with Gasteiger partial charge >= 0.3 is 0 Å². The number of hydrogen-bond donors (Lipinski definition) is 0. The van der Waals surface area contributed by atoms with Gasteiger partial charge in [-0.05, 0) is 69.1 Å². The van der Waals surface area contributed by atoms with E-state index in [0.717, 1.165) is 24.3 Å². The zero-order chi connectivity index (χ0) is 20.2. The first-order valence-corrected chi connectivity index (χ1v) is 11.0. The minimum atomic E-state index is 0.0196. The molecular weight excluding hydrogens is 358 g/mol. The number of piperidine rings is 1. The van der Waals surface area contributed by atoms with Crippen molar-refractivity contribution in [2.45, 2.75) is 44.9 Å². The van der Waals surface area contributed by atoms with Crippen LogP contribution in [-0.2, 0) is 0 Å². The molecule has 1 fully saturated rings. The number of ketones is 1. The topological polar surface area (TPSA) is 29.5 Å². The Kier molecular flexibility index (Phi) is 8.99. The standard InChI is InChI=1S/C26H33NO2/c28-26(24-11-5-3-6-12-24)18-15-23-13-16-25(17-14-23)29-22-10-2-1-7-19-27-20-8-4-9-21-27/h3,5-6,11-18H,1-2,4,7-10,19-22H2/b18-15+. The molecule has 1 heterocycles. The maximum atomic E-state index is 12.1. The highest BCUT2D eigenvalue weighted by Gasteiger charge is 2.08. The molecular formula is C26H33NO2. The van der Waals surface area contributed by atoms with Crippen molar-refractivity contribution in [1.82, 2.24) is 4.90 Å². The molecule has 2 aromatic rings. The fourth-order valence-corrected chi connectivity index (χ4v) is 3.71. The second-order valence-corrected chi connectivity index (χ2v) is 7.80. The van der Waals surface area contributed by atoms with E-state index >= 15 is 0 Å². The SMILES string of the molecule is O=C(/C=C/c1ccc(OCCCCCCN2CCCCC2)cc1)c1ccccc1. The molecule has 0 aromatic heterocycles. The number of benzene rings is 2. The predicted octanol–water partition coefficient (Wildman–Crippen LogP) is 6.01. The number of rotatable bonds is 11. The molecule has 1 aliphatic rings. The Balaban J connectivity index is 1.29. The lowest BCUT2D eigenvalue weighted by Gasteiger charge is -2.26. The lowest BCUT2D eigenvalue weighted by Crippen LogP contribution is -2.30. The van der Waals surface area contributed by atoms with E-state index in [-0.39, 0.29) is 5.78 Å². The molecule has 3 nitrogen and oxygen atoms in total. The Hall–Kier alpha value is -2.39. The zero-order valence-corrected chi connectivity index (χ0v) is 17.4. The Morgan fingerprint density at radius 3 is 2.34 bits per heavy atom. The summed E-state index contributed by atoms with van der Waals surface area (Å²) in [5, 5.41) is 0. The number of carbonyl (C=O) groups excluding carboxylic acids is 1. The average molecular weight is 392 g/mol. The van der Waals surface area contributed by atoms with Gasteiger partial charge in [-0.15, -0.1) is 0 Å². The number of ether oxygens (including phenoxy) is 1. The van der Waals surface area contributed by atoms with Gasteiger partial charge in [0, 0.05) is 5.56 Å². The van der Waals surface area contributed by atoms with Crippen LogP contribution in [0.2, 0.25) is 0 Å². The maximum Gasteiger partial charge on any atom is 0.185 e. The van der Waals surface area contributed by atoms with Gasteiger partial charge in [0.2, 0.25) is 0 Å². The number of nitrogens with zero attached hydrogens (tertiary/aromatic N) is 1. The van der Waals surface area contributed by atoms with Crippen molar-refractivity contribution in [3.05, 3.63) is 71.8 Å². The first-order chi connectivity index (χ1) is 14.3. The molecule has 0 aliphatic carbocycles. The first kappa shape index (κ1) is 21.3. The first-order valence-electron chi connectivity index (χ1n) is 11.0. The van der Waals surface area contributed by atoms with Crippen LogP contribution in [0.1, 0.15) is 60.9 Å². The molecule has 3 heteroatoms. The van der Waals surface area contributed by atoms with Crippen molar-refractivity contribution in [1.29, 1.82) is 0 Å². The normalized spacial score (nSPS) is 14.9. The molecule has 0 unspecified atom stereocenters. The van der Waals surface area contributed by atoms with E-state index in [1.165, 1.54) is 58.2 Å². The van der Waals surface area contributed by atoms with Crippen LogP contribution in [0.5, 0.6) is 5.75 Å².